The Labute approximate surface area is 143 Å². The zero-order chi connectivity index (χ0) is 17.7. The molecule has 0 radical (unpaired) electrons. The van der Waals surface area contributed by atoms with Crippen LogP contribution in [0, 0.1) is 12.8 Å². The van der Waals surface area contributed by atoms with Crippen LogP contribution in [0.1, 0.15) is 31.2 Å². The van der Waals surface area contributed by atoms with Gasteiger partial charge in [0.25, 0.3) is 0 Å². The van der Waals surface area contributed by atoms with Gasteiger partial charge in [-0.2, -0.15) is 0 Å². The largest absolute Gasteiger partial charge is 0.328 e. The molecular formula is C18H28N4O2. The number of hydrogen-bond donors (Lipinski definition) is 3. The molecule has 2 atom stereocenters. The van der Waals surface area contributed by atoms with E-state index in [1.807, 2.05) is 44.1 Å². The molecule has 1 aromatic carbocycles. The fourth-order valence-corrected chi connectivity index (χ4v) is 3.02. The highest BCUT2D eigenvalue weighted by atomic mass is 16.2. The molecule has 4 N–H and O–H groups in total. The van der Waals surface area contributed by atoms with Crippen molar-refractivity contribution in [3.8, 4) is 0 Å². The van der Waals surface area contributed by atoms with E-state index in [2.05, 4.69) is 10.6 Å². The first-order valence-electron chi connectivity index (χ1n) is 8.47. The molecule has 1 aliphatic rings. The molecule has 0 saturated heterocycles. The van der Waals surface area contributed by atoms with E-state index in [0.29, 0.717) is 12.2 Å². The van der Waals surface area contributed by atoms with E-state index in [9.17, 15) is 9.59 Å². The number of rotatable bonds is 5. The molecule has 2 rings (SSSR count). The molecule has 1 saturated carbocycles. The number of nitrogens with one attached hydrogen (secondary N) is 2. The van der Waals surface area contributed by atoms with E-state index in [4.69, 9.17) is 5.73 Å². The summed E-state index contributed by atoms with van der Waals surface area (Å²) in [6, 6.07) is 5.68. The van der Waals surface area contributed by atoms with Gasteiger partial charge in [-0.1, -0.05) is 12.5 Å². The molecule has 1 aliphatic carbocycles. The van der Waals surface area contributed by atoms with E-state index in [1.165, 1.54) is 0 Å². The van der Waals surface area contributed by atoms with Crippen molar-refractivity contribution in [3.63, 3.8) is 0 Å². The van der Waals surface area contributed by atoms with Gasteiger partial charge >= 0.3 is 0 Å². The van der Waals surface area contributed by atoms with Crippen molar-refractivity contribution in [1.29, 1.82) is 0 Å². The van der Waals surface area contributed by atoms with Gasteiger partial charge in [0.05, 0.1) is 6.54 Å². The summed E-state index contributed by atoms with van der Waals surface area (Å²) in [7, 11) is 3.69. The van der Waals surface area contributed by atoms with Crippen molar-refractivity contribution in [2.45, 2.75) is 38.6 Å². The minimum Gasteiger partial charge on any atom is -0.328 e. The molecule has 6 nitrogen and oxygen atoms in total. The van der Waals surface area contributed by atoms with E-state index >= 15 is 0 Å². The Morgan fingerprint density at radius 1 is 1.25 bits per heavy atom. The maximum absolute atomic E-state index is 12.4. The van der Waals surface area contributed by atoms with Crippen molar-refractivity contribution in [3.05, 3.63) is 23.8 Å². The van der Waals surface area contributed by atoms with Crippen LogP contribution >= 0.6 is 0 Å². The first kappa shape index (κ1) is 18.4. The molecule has 1 aromatic rings. The second-order valence-corrected chi connectivity index (χ2v) is 6.93. The van der Waals surface area contributed by atoms with Crippen LogP contribution in [-0.4, -0.2) is 43.4 Å². The highest BCUT2D eigenvalue weighted by Gasteiger charge is 2.25. The molecule has 1 fully saturated rings. The Morgan fingerprint density at radius 2 is 2.00 bits per heavy atom. The molecule has 0 bridgehead atoms. The molecule has 0 heterocycles. The van der Waals surface area contributed by atoms with Crippen LogP contribution in [0.5, 0.6) is 0 Å². The smallest absolute Gasteiger partial charge is 0.238 e. The van der Waals surface area contributed by atoms with E-state index in [-0.39, 0.29) is 23.8 Å². The topological polar surface area (TPSA) is 87.5 Å². The Kier molecular flexibility index (Phi) is 6.34. The van der Waals surface area contributed by atoms with E-state index in [1.54, 1.807) is 0 Å². The van der Waals surface area contributed by atoms with Crippen LogP contribution in [0.25, 0.3) is 0 Å². The van der Waals surface area contributed by atoms with E-state index < -0.39 is 0 Å². The molecule has 2 amide bonds. The fourth-order valence-electron chi connectivity index (χ4n) is 3.02. The summed E-state index contributed by atoms with van der Waals surface area (Å²) in [4.78, 5) is 26.2. The maximum Gasteiger partial charge on any atom is 0.238 e. The Hall–Kier alpha value is -1.92. The van der Waals surface area contributed by atoms with Crippen molar-refractivity contribution >= 4 is 23.2 Å². The highest BCUT2D eigenvalue weighted by Crippen LogP contribution is 2.26. The molecule has 24 heavy (non-hydrogen) atoms. The van der Waals surface area contributed by atoms with Crippen molar-refractivity contribution < 1.29 is 9.59 Å². The van der Waals surface area contributed by atoms with Crippen molar-refractivity contribution in [2.24, 2.45) is 11.7 Å². The normalized spacial score (nSPS) is 20.7. The second kappa shape index (κ2) is 8.26. The second-order valence-electron chi connectivity index (χ2n) is 6.93. The molecule has 0 unspecified atom stereocenters. The summed E-state index contributed by atoms with van der Waals surface area (Å²) in [6.45, 7) is 2.24. The molecule has 0 spiro atoms. The number of amides is 2. The zero-order valence-electron chi connectivity index (χ0n) is 14.8. The third-order valence-electron chi connectivity index (χ3n) is 4.32. The minimum absolute atomic E-state index is 0.0135. The van der Waals surface area contributed by atoms with Crippen LogP contribution < -0.4 is 16.4 Å². The summed E-state index contributed by atoms with van der Waals surface area (Å²) < 4.78 is 0. The number of carbonyl (C=O) groups excluding carboxylic acids is 2. The first-order valence-corrected chi connectivity index (χ1v) is 8.47. The standard InChI is InChI=1S/C18H28N4O2/c1-12-7-8-15(10-16(12)21-17(23)11-22(2)3)20-18(24)13-5-4-6-14(19)9-13/h7-8,10,13-14H,4-6,9,11,19H2,1-3H3,(H,20,24)(H,21,23)/t13-,14+/m1/s1. The van der Waals surface area contributed by atoms with Gasteiger partial charge in [-0.25, -0.2) is 0 Å². The predicted molar refractivity (Wildman–Crippen MR) is 96.9 cm³/mol. The number of carbonyl (C=O) groups is 2. The molecule has 0 aliphatic heterocycles. The number of likely N-dealkylation sites (N-methyl/N-ethyl adjacent to an activating group) is 1. The summed E-state index contributed by atoms with van der Waals surface area (Å²) in [5.41, 5.74) is 8.34. The first-order chi connectivity index (χ1) is 11.3. The average Bonchev–Trinajstić information content (AvgIpc) is 2.49. The lowest BCUT2D eigenvalue weighted by atomic mass is 9.85. The summed E-state index contributed by atoms with van der Waals surface area (Å²) in [6.07, 6.45) is 3.62. The summed E-state index contributed by atoms with van der Waals surface area (Å²) >= 11 is 0. The fraction of sp³-hybridized carbons (Fsp3) is 0.556. The number of anilines is 2. The average molecular weight is 332 g/mol. The highest BCUT2D eigenvalue weighted by molar-refractivity contribution is 5.96. The van der Waals surface area contributed by atoms with Crippen LogP contribution in [0.3, 0.4) is 0 Å². The van der Waals surface area contributed by atoms with Crippen LogP contribution in [0.4, 0.5) is 11.4 Å². The van der Waals surface area contributed by atoms with Gasteiger partial charge < -0.3 is 21.3 Å². The van der Waals surface area contributed by atoms with Gasteiger partial charge in [-0.3, -0.25) is 9.59 Å². The Morgan fingerprint density at radius 3 is 2.67 bits per heavy atom. The van der Waals surface area contributed by atoms with E-state index in [0.717, 1.165) is 36.9 Å². The van der Waals surface area contributed by atoms with Crippen LogP contribution in [0.15, 0.2) is 18.2 Å². The Balaban J connectivity index is 2.02. The lowest BCUT2D eigenvalue weighted by Gasteiger charge is -2.25. The van der Waals surface area contributed by atoms with Crippen molar-refractivity contribution in [1.82, 2.24) is 4.90 Å². The minimum atomic E-state index is -0.0789. The van der Waals surface area contributed by atoms with Gasteiger partial charge in [0, 0.05) is 23.3 Å². The monoisotopic (exact) mass is 332 g/mol. The number of aryl methyl sites for hydroxylation is 1. The molecular weight excluding hydrogens is 304 g/mol. The van der Waals surface area contributed by atoms with Gasteiger partial charge in [-0.05, 0) is 58.0 Å². The SMILES string of the molecule is Cc1ccc(NC(=O)[C@@H]2CCC[C@H](N)C2)cc1NC(=O)CN(C)C. The zero-order valence-corrected chi connectivity index (χ0v) is 14.8. The molecule has 0 aromatic heterocycles. The van der Waals surface area contributed by atoms with Crippen molar-refractivity contribution in [2.75, 3.05) is 31.3 Å². The number of nitrogens with two attached hydrogens (primary N) is 1. The summed E-state index contributed by atoms with van der Waals surface area (Å²) in [5.74, 6) is -0.0914. The quantitative estimate of drug-likeness (QED) is 0.769. The summed E-state index contributed by atoms with van der Waals surface area (Å²) in [5, 5.41) is 5.85. The Bertz CT molecular complexity index is 601. The predicted octanol–water partition coefficient (Wildman–Crippen LogP) is 1.95. The number of nitrogens with zero attached hydrogens (tertiary/aromatic N) is 1. The van der Waals surface area contributed by atoms with Crippen LogP contribution in [0.2, 0.25) is 0 Å². The molecule has 6 heteroatoms. The lowest BCUT2D eigenvalue weighted by molar-refractivity contribution is -0.121. The lowest BCUT2D eigenvalue weighted by Crippen LogP contribution is -2.34. The van der Waals surface area contributed by atoms with Gasteiger partial charge in [0.2, 0.25) is 11.8 Å². The van der Waals surface area contributed by atoms with Crippen LogP contribution in [-0.2, 0) is 9.59 Å². The number of benzene rings is 1. The molecule has 132 valence electrons. The van der Waals surface area contributed by atoms with Gasteiger partial charge in [0.1, 0.15) is 0 Å². The van der Waals surface area contributed by atoms with Gasteiger partial charge in [0.15, 0.2) is 0 Å². The third-order valence-corrected chi connectivity index (χ3v) is 4.32. The number of hydrogen-bond acceptors (Lipinski definition) is 4. The maximum atomic E-state index is 12.4. The third kappa shape index (κ3) is 5.32. The van der Waals surface area contributed by atoms with Gasteiger partial charge in [-0.15, -0.1) is 0 Å².